The topological polar surface area (TPSA) is 28.0 Å². The van der Waals surface area contributed by atoms with Crippen molar-refractivity contribution >= 4 is 0 Å². The smallest absolute Gasteiger partial charge is 0.0947 e. The van der Waals surface area contributed by atoms with Gasteiger partial charge in [0.25, 0.3) is 0 Å². The summed E-state index contributed by atoms with van der Waals surface area (Å²) in [7, 11) is 0. The molecule has 0 bridgehead atoms. The lowest BCUT2D eigenvalue weighted by Gasteiger charge is -2.23. The van der Waals surface area contributed by atoms with E-state index in [9.17, 15) is 0 Å². The quantitative estimate of drug-likeness (QED) is 0.673. The van der Waals surface area contributed by atoms with E-state index in [2.05, 4.69) is 50.0 Å². The summed E-state index contributed by atoms with van der Waals surface area (Å²) < 4.78 is 0. The van der Waals surface area contributed by atoms with E-state index in [0.717, 1.165) is 18.4 Å². The third-order valence-electron chi connectivity index (χ3n) is 3.32. The average Bonchev–Trinajstić information content (AvgIpc) is 2.53. The van der Waals surface area contributed by atoms with Crippen molar-refractivity contribution in [1.29, 1.82) is 0 Å². The van der Waals surface area contributed by atoms with Gasteiger partial charge in [-0.15, -0.1) is 0 Å². The SMILES string of the molecule is CC(C)CCC1N=NN(CCC(C)C)C1C. The zero-order valence-electron chi connectivity index (χ0n) is 11.5. The van der Waals surface area contributed by atoms with Crippen LogP contribution >= 0.6 is 0 Å². The Morgan fingerprint density at radius 3 is 2.25 bits per heavy atom. The molecule has 0 amide bonds. The Bertz CT molecular complexity index is 201. The molecule has 1 aliphatic heterocycles. The molecule has 94 valence electrons. The molecule has 1 aliphatic rings. The monoisotopic (exact) mass is 225 g/mol. The van der Waals surface area contributed by atoms with Crippen LogP contribution < -0.4 is 0 Å². The van der Waals surface area contributed by atoms with Gasteiger partial charge in [-0.2, -0.15) is 5.11 Å². The fourth-order valence-electron chi connectivity index (χ4n) is 1.95. The molecule has 2 atom stereocenters. The maximum Gasteiger partial charge on any atom is 0.0947 e. The molecule has 16 heavy (non-hydrogen) atoms. The predicted octanol–water partition coefficient (Wildman–Crippen LogP) is 3.91. The molecule has 0 radical (unpaired) electrons. The molecule has 0 saturated carbocycles. The maximum absolute atomic E-state index is 4.40. The summed E-state index contributed by atoms with van der Waals surface area (Å²) in [6, 6.07) is 0.923. The van der Waals surface area contributed by atoms with E-state index in [-0.39, 0.29) is 0 Å². The van der Waals surface area contributed by atoms with E-state index < -0.39 is 0 Å². The van der Waals surface area contributed by atoms with Gasteiger partial charge in [0, 0.05) is 6.54 Å². The molecule has 1 heterocycles. The lowest BCUT2D eigenvalue weighted by molar-refractivity contribution is 0.216. The molecule has 0 aromatic carbocycles. The Kier molecular flexibility index (Phi) is 5.23. The minimum atomic E-state index is 0.426. The minimum Gasteiger partial charge on any atom is -0.274 e. The van der Waals surface area contributed by atoms with Gasteiger partial charge < -0.3 is 0 Å². The van der Waals surface area contributed by atoms with Crippen molar-refractivity contribution in [3.8, 4) is 0 Å². The Morgan fingerprint density at radius 1 is 1.06 bits per heavy atom. The lowest BCUT2D eigenvalue weighted by Crippen LogP contribution is -2.33. The molecule has 0 N–H and O–H groups in total. The summed E-state index contributed by atoms with van der Waals surface area (Å²) in [5, 5.41) is 10.9. The second-order valence-corrected chi connectivity index (χ2v) is 5.83. The van der Waals surface area contributed by atoms with Crippen LogP contribution in [0.4, 0.5) is 0 Å². The van der Waals surface area contributed by atoms with Crippen LogP contribution in [0.2, 0.25) is 0 Å². The van der Waals surface area contributed by atoms with Crippen molar-refractivity contribution in [2.24, 2.45) is 22.2 Å². The van der Waals surface area contributed by atoms with Crippen LogP contribution in [0.3, 0.4) is 0 Å². The van der Waals surface area contributed by atoms with Gasteiger partial charge in [0.2, 0.25) is 0 Å². The molecule has 0 aliphatic carbocycles. The first-order chi connectivity index (χ1) is 7.50. The Hall–Kier alpha value is -0.600. The standard InChI is InChI=1S/C13H27N3/c1-10(2)6-7-13-12(5)16(15-14-13)9-8-11(3)4/h10-13H,6-9H2,1-5H3. The summed E-state index contributed by atoms with van der Waals surface area (Å²) in [5.41, 5.74) is 0. The fraction of sp³-hybridized carbons (Fsp3) is 1.00. The Morgan fingerprint density at radius 2 is 1.69 bits per heavy atom. The van der Waals surface area contributed by atoms with Gasteiger partial charge in [-0.3, -0.25) is 5.01 Å². The Balaban J connectivity index is 2.30. The van der Waals surface area contributed by atoms with E-state index in [1.165, 1.54) is 19.3 Å². The van der Waals surface area contributed by atoms with Crippen LogP contribution in [-0.4, -0.2) is 23.6 Å². The third-order valence-corrected chi connectivity index (χ3v) is 3.32. The first-order valence-electron chi connectivity index (χ1n) is 6.68. The minimum absolute atomic E-state index is 0.426. The molecule has 1 rings (SSSR count). The number of nitrogens with zero attached hydrogens (tertiary/aromatic N) is 3. The largest absolute Gasteiger partial charge is 0.274 e. The first-order valence-corrected chi connectivity index (χ1v) is 6.68. The average molecular weight is 225 g/mol. The number of rotatable bonds is 6. The predicted molar refractivity (Wildman–Crippen MR) is 68.3 cm³/mol. The molecule has 0 saturated heterocycles. The fourth-order valence-corrected chi connectivity index (χ4v) is 1.95. The summed E-state index contributed by atoms with van der Waals surface area (Å²) in [6.07, 6.45) is 3.65. The van der Waals surface area contributed by atoms with Crippen LogP contribution in [0.15, 0.2) is 10.3 Å². The van der Waals surface area contributed by atoms with Crippen molar-refractivity contribution < 1.29 is 0 Å². The zero-order chi connectivity index (χ0) is 12.1. The van der Waals surface area contributed by atoms with E-state index in [0.29, 0.717) is 12.1 Å². The third kappa shape index (κ3) is 4.11. The highest BCUT2D eigenvalue weighted by atomic mass is 15.6. The zero-order valence-corrected chi connectivity index (χ0v) is 11.5. The first kappa shape index (κ1) is 13.5. The molecular formula is C13H27N3. The second-order valence-electron chi connectivity index (χ2n) is 5.83. The van der Waals surface area contributed by atoms with Crippen molar-refractivity contribution in [3.05, 3.63) is 0 Å². The van der Waals surface area contributed by atoms with Gasteiger partial charge in [0.1, 0.15) is 0 Å². The van der Waals surface area contributed by atoms with E-state index in [1.54, 1.807) is 0 Å². The van der Waals surface area contributed by atoms with Crippen LogP contribution in [-0.2, 0) is 0 Å². The molecule has 2 unspecified atom stereocenters. The van der Waals surface area contributed by atoms with Crippen molar-refractivity contribution in [1.82, 2.24) is 5.01 Å². The Labute approximate surface area is 100 Å². The van der Waals surface area contributed by atoms with Gasteiger partial charge >= 0.3 is 0 Å². The number of hydrogen-bond acceptors (Lipinski definition) is 3. The molecular weight excluding hydrogens is 198 g/mol. The van der Waals surface area contributed by atoms with E-state index in [4.69, 9.17) is 0 Å². The highest BCUT2D eigenvalue weighted by molar-refractivity contribution is 4.83. The van der Waals surface area contributed by atoms with Gasteiger partial charge in [-0.05, 0) is 38.0 Å². The van der Waals surface area contributed by atoms with Gasteiger partial charge in [0.05, 0.1) is 12.1 Å². The number of hydrogen-bond donors (Lipinski definition) is 0. The molecule has 3 heteroatoms. The van der Waals surface area contributed by atoms with Gasteiger partial charge in [0.15, 0.2) is 0 Å². The van der Waals surface area contributed by atoms with Crippen LogP contribution in [0.5, 0.6) is 0 Å². The summed E-state index contributed by atoms with van der Waals surface area (Å²) in [6.45, 7) is 12.4. The van der Waals surface area contributed by atoms with Crippen LogP contribution in [0, 0.1) is 11.8 Å². The molecule has 0 aromatic heterocycles. The molecule has 0 aromatic rings. The second kappa shape index (κ2) is 6.21. The highest BCUT2D eigenvalue weighted by Gasteiger charge is 2.27. The van der Waals surface area contributed by atoms with Crippen LogP contribution in [0.25, 0.3) is 0 Å². The van der Waals surface area contributed by atoms with E-state index in [1.807, 2.05) is 0 Å². The maximum atomic E-state index is 4.40. The summed E-state index contributed by atoms with van der Waals surface area (Å²) in [5.74, 6) is 1.52. The van der Waals surface area contributed by atoms with Gasteiger partial charge in [-0.1, -0.05) is 32.9 Å². The highest BCUT2D eigenvalue weighted by Crippen LogP contribution is 2.23. The van der Waals surface area contributed by atoms with Crippen molar-refractivity contribution in [3.63, 3.8) is 0 Å². The molecule has 0 spiro atoms. The normalized spacial score (nSPS) is 25.1. The van der Waals surface area contributed by atoms with E-state index >= 15 is 0 Å². The molecule has 0 fully saturated rings. The molecule has 3 nitrogen and oxygen atoms in total. The van der Waals surface area contributed by atoms with Crippen molar-refractivity contribution in [2.75, 3.05) is 6.54 Å². The van der Waals surface area contributed by atoms with Crippen molar-refractivity contribution in [2.45, 2.75) is 66.0 Å². The summed E-state index contributed by atoms with van der Waals surface area (Å²) >= 11 is 0. The lowest BCUT2D eigenvalue weighted by atomic mass is 9.99. The summed E-state index contributed by atoms with van der Waals surface area (Å²) in [4.78, 5) is 0. The van der Waals surface area contributed by atoms with Crippen LogP contribution in [0.1, 0.15) is 53.9 Å². The van der Waals surface area contributed by atoms with Gasteiger partial charge in [-0.25, -0.2) is 0 Å².